The molecule has 0 amide bonds. The molecule has 2 heterocycles. The van der Waals surface area contributed by atoms with E-state index in [1.165, 1.54) is 0 Å². The van der Waals surface area contributed by atoms with E-state index in [-0.39, 0.29) is 17.6 Å². The summed E-state index contributed by atoms with van der Waals surface area (Å²) in [5.41, 5.74) is 3.21. The number of rotatable bonds is 7. The highest BCUT2D eigenvalue weighted by atomic mass is 16.5. The Morgan fingerprint density at radius 1 is 0.895 bits per heavy atom. The highest BCUT2D eigenvalue weighted by Gasteiger charge is 2.21. The largest absolute Gasteiger partial charge is 0.493 e. The molecular weight excluding hydrogens is 478 g/mol. The Balaban J connectivity index is 1.45. The van der Waals surface area contributed by atoms with Gasteiger partial charge in [-0.3, -0.25) is 14.5 Å². The first-order valence-corrected chi connectivity index (χ1v) is 12.5. The fourth-order valence-electron chi connectivity index (χ4n) is 4.53. The molecule has 38 heavy (non-hydrogen) atoms. The van der Waals surface area contributed by atoms with Gasteiger partial charge in [-0.1, -0.05) is 39.0 Å². The van der Waals surface area contributed by atoms with Gasteiger partial charge in [0.15, 0.2) is 17.3 Å². The number of carbonyl (C=O) groups excluding carboxylic acids is 1. The normalized spacial score (nSPS) is 11.6. The number of aryl methyl sites for hydroxylation is 1. The molecule has 0 spiro atoms. The van der Waals surface area contributed by atoms with Crippen molar-refractivity contribution in [1.82, 2.24) is 14.8 Å². The summed E-state index contributed by atoms with van der Waals surface area (Å²) < 4.78 is 19.0. The summed E-state index contributed by atoms with van der Waals surface area (Å²) in [6.45, 7) is 6.36. The minimum absolute atomic E-state index is 0.0499. The van der Waals surface area contributed by atoms with Gasteiger partial charge < -0.3 is 14.2 Å². The fourth-order valence-corrected chi connectivity index (χ4v) is 4.53. The van der Waals surface area contributed by atoms with Gasteiger partial charge in [0.25, 0.3) is 0 Å². The van der Waals surface area contributed by atoms with E-state index in [2.05, 4.69) is 30.9 Å². The van der Waals surface area contributed by atoms with Gasteiger partial charge in [0.05, 0.1) is 31.9 Å². The number of pyridine rings is 1. The predicted octanol–water partition coefficient (Wildman–Crippen LogP) is 6.65. The van der Waals surface area contributed by atoms with Crippen molar-refractivity contribution in [3.8, 4) is 23.0 Å². The summed E-state index contributed by atoms with van der Waals surface area (Å²) >= 11 is 0. The zero-order chi connectivity index (χ0) is 27.0. The Labute approximate surface area is 222 Å². The first-order valence-electron chi connectivity index (χ1n) is 12.5. The van der Waals surface area contributed by atoms with Crippen molar-refractivity contribution in [1.29, 1.82) is 0 Å². The Morgan fingerprint density at radius 3 is 2.37 bits per heavy atom. The van der Waals surface area contributed by atoms with Crippen LogP contribution < -0.4 is 14.2 Å². The predicted molar refractivity (Wildman–Crippen MR) is 149 cm³/mol. The lowest BCUT2D eigenvalue weighted by molar-refractivity contribution is 0.0992. The van der Waals surface area contributed by atoms with Crippen LogP contribution in [-0.4, -0.2) is 34.8 Å². The van der Waals surface area contributed by atoms with Gasteiger partial charge in [0.2, 0.25) is 0 Å². The van der Waals surface area contributed by atoms with E-state index in [0.717, 1.165) is 33.1 Å². The molecule has 0 radical (unpaired) electrons. The van der Waals surface area contributed by atoms with Crippen molar-refractivity contribution < 1.29 is 19.0 Å². The summed E-state index contributed by atoms with van der Waals surface area (Å²) in [4.78, 5) is 17.8. The van der Waals surface area contributed by atoms with Crippen LogP contribution in [0.25, 0.3) is 21.7 Å². The molecule has 2 aromatic heterocycles. The van der Waals surface area contributed by atoms with E-state index in [0.29, 0.717) is 28.6 Å². The number of methoxy groups -OCH3 is 2. The van der Waals surface area contributed by atoms with E-state index < -0.39 is 0 Å². The van der Waals surface area contributed by atoms with Crippen molar-refractivity contribution in [3.63, 3.8) is 0 Å². The first kappa shape index (κ1) is 25.3. The molecule has 0 unspecified atom stereocenters. The smallest absolute Gasteiger partial charge is 0.169 e. The molecule has 0 fully saturated rings. The molecule has 0 bridgehead atoms. The number of Topliss-reactive ketones (excluding diaryl/α,β-unsaturated/α-hetero) is 1. The van der Waals surface area contributed by atoms with Gasteiger partial charge in [-0.05, 0) is 47.2 Å². The van der Waals surface area contributed by atoms with E-state index in [1.807, 2.05) is 67.7 Å². The molecule has 194 valence electrons. The molecule has 0 aliphatic heterocycles. The summed E-state index contributed by atoms with van der Waals surface area (Å²) in [5.74, 6) is 2.56. The summed E-state index contributed by atoms with van der Waals surface area (Å²) in [6, 6.07) is 19.1. The molecule has 5 rings (SSSR count). The number of benzene rings is 3. The zero-order valence-electron chi connectivity index (χ0n) is 22.5. The third-order valence-corrected chi connectivity index (χ3v) is 6.67. The average Bonchev–Trinajstić information content (AvgIpc) is 3.28. The third-order valence-electron chi connectivity index (χ3n) is 6.67. The van der Waals surface area contributed by atoms with Gasteiger partial charge >= 0.3 is 0 Å². The lowest BCUT2D eigenvalue weighted by Gasteiger charge is -2.13. The molecule has 7 heteroatoms. The second kappa shape index (κ2) is 9.82. The van der Waals surface area contributed by atoms with Gasteiger partial charge in [-0.25, -0.2) is 0 Å². The van der Waals surface area contributed by atoms with Crippen LogP contribution in [-0.2, 0) is 18.9 Å². The maximum atomic E-state index is 13.4. The average molecular weight is 510 g/mol. The van der Waals surface area contributed by atoms with Crippen molar-refractivity contribution in [2.24, 2.45) is 7.05 Å². The van der Waals surface area contributed by atoms with Crippen LogP contribution in [0.2, 0.25) is 0 Å². The molecular formula is C31H31N3O4. The maximum absolute atomic E-state index is 13.4. The van der Waals surface area contributed by atoms with Gasteiger partial charge in [-0.15, -0.1) is 0 Å². The van der Waals surface area contributed by atoms with Crippen LogP contribution in [0.1, 0.15) is 42.5 Å². The van der Waals surface area contributed by atoms with E-state index >= 15 is 0 Å². The van der Waals surface area contributed by atoms with Crippen LogP contribution in [0.4, 0.5) is 0 Å². The Kier molecular flexibility index (Phi) is 6.53. The maximum Gasteiger partial charge on any atom is 0.169 e. The molecule has 0 aliphatic rings. The third kappa shape index (κ3) is 4.79. The number of hydrogen-bond donors (Lipinski definition) is 0. The lowest BCUT2D eigenvalue weighted by atomic mass is 9.92. The van der Waals surface area contributed by atoms with Crippen LogP contribution in [0.3, 0.4) is 0 Å². The number of hydrogen-bond acceptors (Lipinski definition) is 6. The van der Waals surface area contributed by atoms with Crippen LogP contribution in [0, 0.1) is 0 Å². The van der Waals surface area contributed by atoms with Crippen LogP contribution in [0.15, 0.2) is 66.9 Å². The number of nitrogens with zero attached hydrogens (tertiary/aromatic N) is 3. The van der Waals surface area contributed by atoms with Crippen molar-refractivity contribution in [2.45, 2.75) is 32.6 Å². The highest BCUT2D eigenvalue weighted by Crippen LogP contribution is 2.37. The summed E-state index contributed by atoms with van der Waals surface area (Å²) in [5, 5.41) is 7.22. The Morgan fingerprint density at radius 2 is 1.66 bits per heavy atom. The van der Waals surface area contributed by atoms with Gasteiger partial charge in [0, 0.05) is 41.4 Å². The minimum Gasteiger partial charge on any atom is -0.493 e. The number of carbonyl (C=O) groups is 1. The van der Waals surface area contributed by atoms with E-state index in [4.69, 9.17) is 14.2 Å². The van der Waals surface area contributed by atoms with Gasteiger partial charge in [0.1, 0.15) is 11.5 Å². The molecule has 7 nitrogen and oxygen atoms in total. The Hall–Kier alpha value is -4.39. The summed E-state index contributed by atoms with van der Waals surface area (Å²) in [6.07, 6.45) is 1.98. The SMILES string of the molecule is COc1cc2nccc(Oc3ccc4c(C(=O)Cc5cc(C(C)(C)C)nn5C)cccc4c3)c2cc1OC. The topological polar surface area (TPSA) is 75.5 Å². The number of ketones is 1. The molecule has 0 N–H and O–H groups in total. The standard InChI is InChI=1S/C31H31N3O4/c1-31(2,3)30-16-20(34(4)33-30)15-26(35)23-9-7-8-19-14-21(10-11-22(19)23)38-27-12-13-32-25-18-29(37-6)28(36-5)17-24(25)27/h7-14,16-18H,15H2,1-6H3. The molecule has 5 aromatic rings. The van der Waals surface area contributed by atoms with Gasteiger partial charge in [-0.2, -0.15) is 5.10 Å². The van der Waals surface area contributed by atoms with Crippen molar-refractivity contribution in [3.05, 3.63) is 83.8 Å². The number of fused-ring (bicyclic) bond motifs is 2. The van der Waals surface area contributed by atoms with Crippen LogP contribution in [0.5, 0.6) is 23.0 Å². The second-order valence-corrected chi connectivity index (χ2v) is 10.3. The quantitative estimate of drug-likeness (QED) is 0.229. The Bertz CT molecular complexity index is 1660. The minimum atomic E-state index is -0.0771. The molecule has 0 atom stereocenters. The van der Waals surface area contributed by atoms with Crippen LogP contribution >= 0.6 is 0 Å². The second-order valence-electron chi connectivity index (χ2n) is 10.3. The first-order chi connectivity index (χ1) is 18.2. The monoisotopic (exact) mass is 509 g/mol. The molecule has 0 aliphatic carbocycles. The lowest BCUT2D eigenvalue weighted by Crippen LogP contribution is -2.12. The fraction of sp³-hybridized carbons (Fsp3) is 0.258. The highest BCUT2D eigenvalue weighted by molar-refractivity contribution is 6.09. The summed E-state index contributed by atoms with van der Waals surface area (Å²) in [7, 11) is 5.08. The molecule has 0 saturated carbocycles. The van der Waals surface area contributed by atoms with Crippen molar-refractivity contribution >= 4 is 27.5 Å². The van der Waals surface area contributed by atoms with E-state index in [9.17, 15) is 4.79 Å². The van der Waals surface area contributed by atoms with Crippen molar-refractivity contribution in [2.75, 3.05) is 14.2 Å². The number of ether oxygens (including phenoxy) is 3. The van der Waals surface area contributed by atoms with E-state index in [1.54, 1.807) is 25.1 Å². The molecule has 3 aromatic carbocycles. The zero-order valence-corrected chi connectivity index (χ0v) is 22.5. The molecule has 0 saturated heterocycles. The number of aromatic nitrogens is 3.